The maximum Gasteiger partial charge on any atom is 0.203 e. The van der Waals surface area contributed by atoms with E-state index >= 15 is 0 Å². The predicted molar refractivity (Wildman–Crippen MR) is 68.2 cm³/mol. The first-order valence-corrected chi connectivity index (χ1v) is 6.06. The Balaban J connectivity index is 1.93. The van der Waals surface area contributed by atoms with Gasteiger partial charge in [-0.05, 0) is 31.9 Å². The summed E-state index contributed by atoms with van der Waals surface area (Å²) in [5.41, 5.74) is 1.43. The first-order valence-electron chi connectivity index (χ1n) is 6.06. The van der Waals surface area contributed by atoms with Crippen molar-refractivity contribution in [3.63, 3.8) is 0 Å². The average Bonchev–Trinajstić information content (AvgIpc) is 2.71. The van der Waals surface area contributed by atoms with Crippen molar-refractivity contribution >= 4 is 17.0 Å². The number of nitrogens with one attached hydrogen (secondary N) is 1. The van der Waals surface area contributed by atoms with Crippen molar-refractivity contribution in [3.8, 4) is 0 Å². The first-order chi connectivity index (χ1) is 8.14. The maximum absolute atomic E-state index is 10.1. The Hall–Kier alpha value is -1.55. The minimum absolute atomic E-state index is 0.600. The number of H-pyrrole nitrogens is 1. The molecule has 2 heterocycles. The fourth-order valence-electron chi connectivity index (χ4n) is 2.49. The van der Waals surface area contributed by atoms with Gasteiger partial charge in [0, 0.05) is 13.1 Å². The highest BCUT2D eigenvalue weighted by Gasteiger charge is 2.29. The number of nitrogens with zero attached hydrogens (tertiary/aromatic N) is 2. The van der Waals surface area contributed by atoms with Crippen LogP contribution in [-0.2, 0) is 0 Å². The molecular weight excluding hydrogens is 214 g/mol. The van der Waals surface area contributed by atoms with Crippen molar-refractivity contribution in [2.75, 3.05) is 18.0 Å². The van der Waals surface area contributed by atoms with E-state index in [9.17, 15) is 5.11 Å². The molecule has 1 saturated heterocycles. The molecule has 2 N–H and O–H groups in total. The number of para-hydroxylation sites is 2. The van der Waals surface area contributed by atoms with Gasteiger partial charge in [-0.2, -0.15) is 0 Å². The molecule has 90 valence electrons. The van der Waals surface area contributed by atoms with E-state index in [-0.39, 0.29) is 0 Å². The molecule has 1 aliphatic heterocycles. The van der Waals surface area contributed by atoms with E-state index in [1.54, 1.807) is 0 Å². The molecule has 0 aliphatic carbocycles. The molecule has 0 amide bonds. The molecule has 17 heavy (non-hydrogen) atoms. The molecule has 2 aromatic rings. The predicted octanol–water partition coefficient (Wildman–Crippen LogP) is 1.91. The Morgan fingerprint density at radius 1 is 1.41 bits per heavy atom. The largest absolute Gasteiger partial charge is 0.388 e. The van der Waals surface area contributed by atoms with Crippen molar-refractivity contribution in [2.24, 2.45) is 0 Å². The van der Waals surface area contributed by atoms with Crippen molar-refractivity contribution in [3.05, 3.63) is 24.3 Å². The number of rotatable bonds is 1. The Morgan fingerprint density at radius 3 is 3.00 bits per heavy atom. The average molecular weight is 231 g/mol. The Bertz CT molecular complexity index is 499. The van der Waals surface area contributed by atoms with Gasteiger partial charge in [-0.25, -0.2) is 4.98 Å². The van der Waals surface area contributed by atoms with E-state index in [0.29, 0.717) is 6.54 Å². The zero-order valence-corrected chi connectivity index (χ0v) is 9.98. The zero-order chi connectivity index (χ0) is 11.9. The van der Waals surface area contributed by atoms with Crippen molar-refractivity contribution < 1.29 is 5.11 Å². The van der Waals surface area contributed by atoms with E-state index in [0.717, 1.165) is 36.4 Å². The van der Waals surface area contributed by atoms with Crippen molar-refractivity contribution in [1.29, 1.82) is 0 Å². The van der Waals surface area contributed by atoms with Gasteiger partial charge in [-0.15, -0.1) is 0 Å². The second-order valence-corrected chi connectivity index (χ2v) is 5.10. The minimum atomic E-state index is -0.600. The molecule has 0 radical (unpaired) electrons. The maximum atomic E-state index is 10.1. The van der Waals surface area contributed by atoms with E-state index in [2.05, 4.69) is 14.9 Å². The molecule has 4 nitrogen and oxygen atoms in total. The lowest BCUT2D eigenvalue weighted by Gasteiger charge is -2.36. The van der Waals surface area contributed by atoms with Gasteiger partial charge in [0.25, 0.3) is 0 Å². The molecule has 3 rings (SSSR count). The molecule has 4 heteroatoms. The molecule has 1 unspecified atom stereocenters. The fourth-order valence-corrected chi connectivity index (χ4v) is 2.49. The molecule has 0 saturated carbocycles. The molecule has 1 aromatic heterocycles. The van der Waals surface area contributed by atoms with Gasteiger partial charge in [0.1, 0.15) is 0 Å². The van der Waals surface area contributed by atoms with E-state index < -0.39 is 5.60 Å². The summed E-state index contributed by atoms with van der Waals surface area (Å²) >= 11 is 0. The summed E-state index contributed by atoms with van der Waals surface area (Å²) in [6.07, 6.45) is 1.87. The quantitative estimate of drug-likeness (QED) is 0.788. The number of fused-ring (bicyclic) bond motifs is 1. The van der Waals surface area contributed by atoms with Gasteiger partial charge in [0.15, 0.2) is 0 Å². The van der Waals surface area contributed by atoms with Gasteiger partial charge in [-0.1, -0.05) is 12.1 Å². The highest BCUT2D eigenvalue weighted by Crippen LogP contribution is 2.25. The van der Waals surface area contributed by atoms with E-state index in [1.807, 2.05) is 31.2 Å². The lowest BCUT2D eigenvalue weighted by Crippen LogP contribution is -2.46. The van der Waals surface area contributed by atoms with Crippen LogP contribution in [0.15, 0.2) is 24.3 Å². The molecule has 1 fully saturated rings. The Morgan fingerprint density at radius 2 is 2.24 bits per heavy atom. The monoisotopic (exact) mass is 231 g/mol. The standard InChI is InChI=1S/C13H17N3O/c1-13(17)7-4-8-16(9-13)12-14-10-5-2-3-6-11(10)15-12/h2-3,5-6,17H,4,7-9H2,1H3,(H,14,15). The van der Waals surface area contributed by atoms with Crippen LogP contribution in [-0.4, -0.2) is 33.8 Å². The number of aliphatic hydroxyl groups is 1. The van der Waals surface area contributed by atoms with E-state index in [1.165, 1.54) is 0 Å². The van der Waals surface area contributed by atoms with Gasteiger partial charge in [0.05, 0.1) is 16.6 Å². The summed E-state index contributed by atoms with van der Waals surface area (Å²) in [7, 11) is 0. The second kappa shape index (κ2) is 3.74. The lowest BCUT2D eigenvalue weighted by molar-refractivity contribution is 0.0445. The van der Waals surface area contributed by atoms with Gasteiger partial charge < -0.3 is 15.0 Å². The molecular formula is C13H17N3O. The minimum Gasteiger partial charge on any atom is -0.388 e. The Labute approximate surface area is 100 Å². The number of hydrogen-bond acceptors (Lipinski definition) is 3. The van der Waals surface area contributed by atoms with Crippen LogP contribution in [0.2, 0.25) is 0 Å². The molecule has 0 bridgehead atoms. The molecule has 1 aromatic carbocycles. The number of piperidine rings is 1. The number of hydrogen-bond donors (Lipinski definition) is 2. The van der Waals surface area contributed by atoms with Gasteiger partial charge >= 0.3 is 0 Å². The summed E-state index contributed by atoms with van der Waals surface area (Å²) in [5, 5.41) is 10.1. The van der Waals surface area contributed by atoms with Crippen LogP contribution in [0.25, 0.3) is 11.0 Å². The van der Waals surface area contributed by atoms with Crippen LogP contribution in [0.5, 0.6) is 0 Å². The molecule has 1 aliphatic rings. The topological polar surface area (TPSA) is 52.1 Å². The fraction of sp³-hybridized carbons (Fsp3) is 0.462. The third kappa shape index (κ3) is 2.00. The molecule has 1 atom stereocenters. The zero-order valence-electron chi connectivity index (χ0n) is 9.98. The third-order valence-corrected chi connectivity index (χ3v) is 3.35. The number of anilines is 1. The number of benzene rings is 1. The third-order valence-electron chi connectivity index (χ3n) is 3.35. The summed E-state index contributed by atoms with van der Waals surface area (Å²) in [4.78, 5) is 10.00. The normalized spacial score (nSPS) is 25.4. The first kappa shape index (κ1) is 10.6. The van der Waals surface area contributed by atoms with Crippen LogP contribution in [0, 0.1) is 0 Å². The number of β-amino-alcohol motifs (C(OH)–C–C–N with tert-alkyl or cyclic N) is 1. The van der Waals surface area contributed by atoms with Gasteiger partial charge in [0.2, 0.25) is 5.95 Å². The lowest BCUT2D eigenvalue weighted by atomic mass is 9.95. The number of aromatic amines is 1. The summed E-state index contributed by atoms with van der Waals surface area (Å²) in [6, 6.07) is 8.00. The number of imidazole rings is 1. The van der Waals surface area contributed by atoms with Crippen LogP contribution in [0.4, 0.5) is 5.95 Å². The highest BCUT2D eigenvalue weighted by atomic mass is 16.3. The van der Waals surface area contributed by atoms with Gasteiger partial charge in [-0.3, -0.25) is 0 Å². The summed E-state index contributed by atoms with van der Waals surface area (Å²) < 4.78 is 0. The van der Waals surface area contributed by atoms with Crippen LogP contribution in [0.1, 0.15) is 19.8 Å². The Kier molecular flexibility index (Phi) is 2.33. The summed E-state index contributed by atoms with van der Waals surface area (Å²) in [6.45, 7) is 3.49. The summed E-state index contributed by atoms with van der Waals surface area (Å²) in [5.74, 6) is 0.867. The molecule has 0 spiro atoms. The van der Waals surface area contributed by atoms with Crippen molar-refractivity contribution in [2.45, 2.75) is 25.4 Å². The smallest absolute Gasteiger partial charge is 0.203 e. The van der Waals surface area contributed by atoms with Crippen LogP contribution < -0.4 is 4.90 Å². The van der Waals surface area contributed by atoms with E-state index in [4.69, 9.17) is 0 Å². The van der Waals surface area contributed by atoms with Crippen LogP contribution in [0.3, 0.4) is 0 Å². The van der Waals surface area contributed by atoms with Crippen molar-refractivity contribution in [1.82, 2.24) is 9.97 Å². The highest BCUT2D eigenvalue weighted by molar-refractivity contribution is 5.77. The SMILES string of the molecule is CC1(O)CCCN(c2nc3ccccc3[nH]2)C1. The van der Waals surface area contributed by atoms with Crippen LogP contribution >= 0.6 is 0 Å². The second-order valence-electron chi connectivity index (χ2n) is 5.10. The number of aromatic nitrogens is 2.